The Bertz CT molecular complexity index is 237. The summed E-state index contributed by atoms with van der Waals surface area (Å²) in [5.74, 6) is 0.448. The van der Waals surface area contributed by atoms with E-state index in [1.807, 2.05) is 6.92 Å². The molecule has 4 heteroatoms. The first kappa shape index (κ1) is 8.77. The molecule has 4 nitrogen and oxygen atoms in total. The zero-order chi connectivity index (χ0) is 9.14. The molecule has 0 saturated heterocycles. The highest BCUT2D eigenvalue weighted by molar-refractivity contribution is 5.87. The van der Waals surface area contributed by atoms with Crippen molar-refractivity contribution in [2.45, 2.75) is 19.8 Å². The lowest BCUT2D eigenvalue weighted by Gasteiger charge is -2.27. The molecule has 0 bridgehead atoms. The van der Waals surface area contributed by atoms with Crippen molar-refractivity contribution in [2.75, 3.05) is 0 Å². The van der Waals surface area contributed by atoms with Crippen LogP contribution in [0, 0.1) is 5.92 Å². The van der Waals surface area contributed by atoms with Gasteiger partial charge in [-0.3, -0.25) is 0 Å². The van der Waals surface area contributed by atoms with Crippen LogP contribution in [0.25, 0.3) is 0 Å². The average Bonchev–Trinajstić information content (AvgIpc) is 1.94. The summed E-state index contributed by atoms with van der Waals surface area (Å²) >= 11 is 0. The molecule has 0 radical (unpaired) electrons. The minimum atomic E-state index is -0.618. The van der Waals surface area contributed by atoms with E-state index in [1.54, 1.807) is 0 Å². The fourth-order valence-electron chi connectivity index (χ4n) is 1.17. The molecule has 66 valence electrons. The molecule has 1 rings (SSSR count). The van der Waals surface area contributed by atoms with E-state index < -0.39 is 6.03 Å². The number of carbonyl (C=O) groups is 1. The fraction of sp³-hybridized carbons (Fsp3) is 0.500. The SMILES string of the molecule is C=C1CC(/C(C)=N/NC(N)=O)C1. The molecule has 1 aliphatic rings. The lowest BCUT2D eigenvalue weighted by molar-refractivity contribution is 0.249. The van der Waals surface area contributed by atoms with Gasteiger partial charge in [0.15, 0.2) is 0 Å². The summed E-state index contributed by atoms with van der Waals surface area (Å²) in [4.78, 5) is 10.3. The standard InChI is InChI=1S/C8H13N3O/c1-5-3-7(4-5)6(2)10-11-8(9)12/h7H,1,3-4H2,2H3,(H3,9,11,12)/b10-6+. The van der Waals surface area contributed by atoms with E-state index in [9.17, 15) is 4.79 Å². The van der Waals surface area contributed by atoms with Gasteiger partial charge in [-0.25, -0.2) is 10.2 Å². The molecule has 2 amide bonds. The van der Waals surface area contributed by atoms with Crippen molar-refractivity contribution in [1.82, 2.24) is 5.43 Å². The van der Waals surface area contributed by atoms with Crippen LogP contribution in [0.2, 0.25) is 0 Å². The first-order chi connectivity index (χ1) is 5.59. The van der Waals surface area contributed by atoms with Crippen molar-refractivity contribution in [3.05, 3.63) is 12.2 Å². The summed E-state index contributed by atoms with van der Waals surface area (Å²) in [6, 6.07) is -0.618. The van der Waals surface area contributed by atoms with E-state index in [0.717, 1.165) is 18.6 Å². The largest absolute Gasteiger partial charge is 0.350 e. The summed E-state index contributed by atoms with van der Waals surface area (Å²) in [6.07, 6.45) is 1.96. The van der Waals surface area contributed by atoms with E-state index in [-0.39, 0.29) is 0 Å². The van der Waals surface area contributed by atoms with Gasteiger partial charge in [0.2, 0.25) is 0 Å². The van der Waals surface area contributed by atoms with Crippen molar-refractivity contribution >= 4 is 11.7 Å². The lowest BCUT2D eigenvalue weighted by atomic mass is 9.78. The van der Waals surface area contributed by atoms with E-state index in [2.05, 4.69) is 17.1 Å². The normalized spacial score (nSPS) is 18.8. The lowest BCUT2D eigenvalue weighted by Crippen LogP contribution is -2.29. The first-order valence-electron chi connectivity index (χ1n) is 3.86. The minimum Gasteiger partial charge on any atom is -0.350 e. The third-order valence-electron chi connectivity index (χ3n) is 2.00. The number of hydrogen-bond acceptors (Lipinski definition) is 2. The summed E-state index contributed by atoms with van der Waals surface area (Å²) in [7, 11) is 0. The molecular weight excluding hydrogens is 154 g/mol. The van der Waals surface area contributed by atoms with Gasteiger partial charge in [0.1, 0.15) is 0 Å². The number of rotatable bonds is 2. The maximum absolute atomic E-state index is 10.3. The number of nitrogens with zero attached hydrogens (tertiary/aromatic N) is 1. The van der Waals surface area contributed by atoms with Crippen LogP contribution >= 0.6 is 0 Å². The zero-order valence-electron chi connectivity index (χ0n) is 7.13. The summed E-state index contributed by atoms with van der Waals surface area (Å²) in [6.45, 7) is 5.70. The third-order valence-corrected chi connectivity index (χ3v) is 2.00. The quantitative estimate of drug-likeness (QED) is 0.359. The maximum Gasteiger partial charge on any atom is 0.332 e. The second-order valence-corrected chi connectivity index (χ2v) is 3.08. The number of allylic oxidation sites excluding steroid dienone is 1. The van der Waals surface area contributed by atoms with Gasteiger partial charge >= 0.3 is 6.03 Å². The molecule has 0 aromatic heterocycles. The summed E-state index contributed by atoms with van der Waals surface area (Å²) < 4.78 is 0. The van der Waals surface area contributed by atoms with E-state index in [0.29, 0.717) is 5.92 Å². The zero-order valence-corrected chi connectivity index (χ0v) is 7.13. The molecule has 1 saturated carbocycles. The molecule has 0 spiro atoms. The molecule has 0 aliphatic heterocycles. The molecule has 0 unspecified atom stereocenters. The summed E-state index contributed by atoms with van der Waals surface area (Å²) in [5.41, 5.74) is 9.22. The van der Waals surface area contributed by atoms with Gasteiger partial charge in [-0.1, -0.05) is 12.2 Å². The first-order valence-corrected chi connectivity index (χ1v) is 3.86. The van der Waals surface area contributed by atoms with Gasteiger partial charge in [0.25, 0.3) is 0 Å². The number of urea groups is 1. The van der Waals surface area contributed by atoms with Crippen molar-refractivity contribution in [3.63, 3.8) is 0 Å². The Morgan fingerprint density at radius 1 is 1.75 bits per heavy atom. The van der Waals surface area contributed by atoms with Gasteiger partial charge in [0, 0.05) is 11.6 Å². The topological polar surface area (TPSA) is 67.5 Å². The number of hydrazone groups is 1. The monoisotopic (exact) mass is 167 g/mol. The third kappa shape index (κ3) is 2.08. The molecule has 1 aliphatic carbocycles. The number of hydrogen-bond donors (Lipinski definition) is 2. The Labute approximate surface area is 71.5 Å². The number of amides is 2. The van der Waals surface area contributed by atoms with E-state index >= 15 is 0 Å². The fourth-order valence-corrected chi connectivity index (χ4v) is 1.17. The van der Waals surface area contributed by atoms with Gasteiger partial charge in [0.05, 0.1) is 0 Å². The van der Waals surface area contributed by atoms with Crippen LogP contribution in [0.5, 0.6) is 0 Å². The molecule has 12 heavy (non-hydrogen) atoms. The summed E-state index contributed by atoms with van der Waals surface area (Å²) in [5, 5.41) is 3.83. The van der Waals surface area contributed by atoms with Crippen LogP contribution < -0.4 is 11.2 Å². The van der Waals surface area contributed by atoms with Gasteiger partial charge in [-0.2, -0.15) is 5.10 Å². The molecule has 0 atom stereocenters. The van der Waals surface area contributed by atoms with Crippen molar-refractivity contribution in [1.29, 1.82) is 0 Å². The molecule has 3 N–H and O–H groups in total. The van der Waals surface area contributed by atoms with Crippen molar-refractivity contribution < 1.29 is 4.79 Å². The van der Waals surface area contributed by atoms with Crippen LogP contribution in [-0.2, 0) is 0 Å². The smallest absolute Gasteiger partial charge is 0.332 e. The Hall–Kier alpha value is -1.32. The average molecular weight is 167 g/mol. The van der Waals surface area contributed by atoms with Crippen LogP contribution in [0.1, 0.15) is 19.8 Å². The highest BCUT2D eigenvalue weighted by Gasteiger charge is 2.23. The van der Waals surface area contributed by atoms with E-state index in [4.69, 9.17) is 5.73 Å². The predicted molar refractivity (Wildman–Crippen MR) is 47.7 cm³/mol. The Morgan fingerprint density at radius 3 is 2.75 bits per heavy atom. The van der Waals surface area contributed by atoms with Crippen LogP contribution in [-0.4, -0.2) is 11.7 Å². The molecule has 1 fully saturated rings. The van der Waals surface area contributed by atoms with Crippen molar-refractivity contribution in [3.8, 4) is 0 Å². The number of primary amides is 1. The maximum atomic E-state index is 10.3. The number of nitrogens with one attached hydrogen (secondary N) is 1. The molecular formula is C8H13N3O. The van der Waals surface area contributed by atoms with E-state index in [1.165, 1.54) is 5.57 Å². The van der Waals surface area contributed by atoms with Gasteiger partial charge in [-0.05, 0) is 19.8 Å². The molecule has 0 aromatic carbocycles. The number of carbonyl (C=O) groups excluding carboxylic acids is 1. The second kappa shape index (κ2) is 3.38. The minimum absolute atomic E-state index is 0.448. The highest BCUT2D eigenvalue weighted by atomic mass is 16.2. The highest BCUT2D eigenvalue weighted by Crippen LogP contribution is 2.32. The molecule has 0 aromatic rings. The van der Waals surface area contributed by atoms with Crippen LogP contribution in [0.15, 0.2) is 17.3 Å². The van der Waals surface area contributed by atoms with Crippen LogP contribution in [0.3, 0.4) is 0 Å². The van der Waals surface area contributed by atoms with Crippen LogP contribution in [0.4, 0.5) is 4.79 Å². The van der Waals surface area contributed by atoms with Gasteiger partial charge in [-0.15, -0.1) is 0 Å². The predicted octanol–water partition coefficient (Wildman–Crippen LogP) is 0.997. The Balaban J connectivity index is 2.37. The Kier molecular flexibility index (Phi) is 2.47. The molecule has 0 heterocycles. The number of nitrogens with two attached hydrogens (primary N) is 1. The second-order valence-electron chi connectivity index (χ2n) is 3.08. The Morgan fingerprint density at radius 2 is 2.33 bits per heavy atom. The van der Waals surface area contributed by atoms with Gasteiger partial charge < -0.3 is 5.73 Å². The van der Waals surface area contributed by atoms with Crippen molar-refractivity contribution in [2.24, 2.45) is 16.8 Å².